The summed E-state index contributed by atoms with van der Waals surface area (Å²) in [6.07, 6.45) is 4.91. The lowest BCUT2D eigenvalue weighted by atomic mass is 9.68. The minimum absolute atomic E-state index is 0.115. The van der Waals surface area contributed by atoms with E-state index in [0.29, 0.717) is 47.3 Å². The Morgan fingerprint density at radius 1 is 0.712 bits per heavy atom. The van der Waals surface area contributed by atoms with Crippen LogP contribution in [0.15, 0.2) is 133 Å². The van der Waals surface area contributed by atoms with E-state index in [4.69, 9.17) is 9.47 Å². The van der Waals surface area contributed by atoms with Gasteiger partial charge in [-0.2, -0.15) is 15.0 Å². The van der Waals surface area contributed by atoms with Gasteiger partial charge in [0.15, 0.2) is 10.3 Å². The molecule has 1 heterocycles. The van der Waals surface area contributed by atoms with Gasteiger partial charge in [-0.25, -0.2) is 0 Å². The van der Waals surface area contributed by atoms with Gasteiger partial charge >= 0.3 is 0 Å². The molecular weight excluding hydrogens is 689 g/mol. The molecule has 0 radical (unpaired) electrons. The lowest BCUT2D eigenvalue weighted by Gasteiger charge is -2.34. The van der Waals surface area contributed by atoms with Crippen molar-refractivity contribution in [3.05, 3.63) is 145 Å². The molecule has 0 saturated heterocycles. The number of aliphatic hydroxyl groups is 2. The molecule has 4 aromatic carbocycles. The molecule has 52 heavy (non-hydrogen) atoms. The standard InChI is InChI=1S/C42H44N4O4S2/c1-5-24-46(25-6-2)39-43-40(51-4)45-41(44-39)52-28-32(48)27-50-34-22-18-30(19-23-34)42(29-16-20-33(21-17-29)49-26-31(47)7-3)37-14-10-8-12-35(37)36-13-9-11-15-38(36)42/h5-6,8-23,31-32,47-48H,1-2,7,24-28H2,3-4H3. The van der Waals surface area contributed by atoms with Crippen molar-refractivity contribution >= 4 is 29.5 Å². The van der Waals surface area contributed by atoms with Gasteiger partial charge in [0.2, 0.25) is 5.95 Å². The van der Waals surface area contributed by atoms with Crippen LogP contribution in [-0.2, 0) is 5.41 Å². The topological polar surface area (TPSA) is 101 Å². The highest BCUT2D eigenvalue weighted by Crippen LogP contribution is 2.56. The summed E-state index contributed by atoms with van der Waals surface area (Å²) in [5, 5.41) is 22.1. The molecule has 2 N–H and O–H groups in total. The van der Waals surface area contributed by atoms with E-state index in [-0.39, 0.29) is 13.2 Å². The number of hydrogen-bond donors (Lipinski definition) is 2. The molecule has 2 atom stereocenters. The molecule has 0 saturated carbocycles. The Bertz CT molecular complexity index is 1920. The summed E-state index contributed by atoms with van der Waals surface area (Å²) in [6.45, 7) is 11.1. The number of aliphatic hydroxyl groups excluding tert-OH is 2. The molecule has 0 aliphatic heterocycles. The van der Waals surface area contributed by atoms with Crippen LogP contribution < -0.4 is 14.4 Å². The van der Waals surface area contributed by atoms with Gasteiger partial charge in [-0.3, -0.25) is 0 Å². The Morgan fingerprint density at radius 2 is 1.21 bits per heavy atom. The third-order valence-electron chi connectivity index (χ3n) is 9.03. The first-order valence-corrected chi connectivity index (χ1v) is 19.5. The molecule has 5 aromatic rings. The number of aromatic nitrogens is 3. The summed E-state index contributed by atoms with van der Waals surface area (Å²) in [6, 6.07) is 33.6. The maximum absolute atomic E-state index is 10.9. The van der Waals surface area contributed by atoms with Crippen LogP contribution in [0, 0.1) is 0 Å². The molecule has 1 aliphatic carbocycles. The average molecular weight is 733 g/mol. The van der Waals surface area contributed by atoms with E-state index in [0.717, 1.165) is 16.9 Å². The van der Waals surface area contributed by atoms with Crippen LogP contribution in [0.2, 0.25) is 0 Å². The average Bonchev–Trinajstić information content (AvgIpc) is 3.49. The van der Waals surface area contributed by atoms with Gasteiger partial charge in [0.1, 0.15) is 24.7 Å². The smallest absolute Gasteiger partial charge is 0.230 e. The SMILES string of the molecule is C=CCN(CC=C)c1nc(SC)nc(SCC(O)COc2ccc(C3(c4ccc(OCC(O)CC)cc4)c4ccccc4-c4ccccc43)cc2)n1. The molecule has 6 rings (SSSR count). The number of nitrogens with zero attached hydrogens (tertiary/aromatic N) is 4. The summed E-state index contributed by atoms with van der Waals surface area (Å²) < 4.78 is 12.0. The van der Waals surface area contributed by atoms with E-state index in [1.165, 1.54) is 45.8 Å². The van der Waals surface area contributed by atoms with E-state index in [2.05, 4.69) is 101 Å². The quantitative estimate of drug-likeness (QED) is 0.0672. The first-order chi connectivity index (χ1) is 25.4. The number of hydrogen-bond acceptors (Lipinski definition) is 10. The maximum Gasteiger partial charge on any atom is 0.230 e. The fraction of sp³-hybridized carbons (Fsp3) is 0.262. The minimum Gasteiger partial charge on any atom is -0.491 e. The summed E-state index contributed by atoms with van der Waals surface area (Å²) in [5.74, 6) is 2.28. The van der Waals surface area contributed by atoms with Gasteiger partial charge in [0, 0.05) is 18.8 Å². The first-order valence-electron chi connectivity index (χ1n) is 17.3. The number of rotatable bonds is 18. The predicted octanol–water partition coefficient (Wildman–Crippen LogP) is 7.82. The molecule has 0 fully saturated rings. The van der Waals surface area contributed by atoms with Crippen molar-refractivity contribution in [3.63, 3.8) is 0 Å². The fourth-order valence-electron chi connectivity index (χ4n) is 6.52. The number of anilines is 1. The maximum atomic E-state index is 10.9. The Morgan fingerprint density at radius 3 is 1.71 bits per heavy atom. The zero-order valence-electron chi connectivity index (χ0n) is 29.5. The Labute approximate surface area is 314 Å². The van der Waals surface area contributed by atoms with Crippen molar-refractivity contribution in [3.8, 4) is 22.6 Å². The van der Waals surface area contributed by atoms with Crippen molar-refractivity contribution in [1.29, 1.82) is 0 Å². The van der Waals surface area contributed by atoms with Crippen LogP contribution in [0.3, 0.4) is 0 Å². The summed E-state index contributed by atoms with van der Waals surface area (Å²) in [7, 11) is 0. The highest BCUT2D eigenvalue weighted by Gasteiger charge is 2.45. The van der Waals surface area contributed by atoms with Gasteiger partial charge in [0.05, 0.1) is 17.6 Å². The zero-order chi connectivity index (χ0) is 36.5. The van der Waals surface area contributed by atoms with Crippen molar-refractivity contribution in [2.75, 3.05) is 43.2 Å². The first kappa shape index (κ1) is 37.2. The van der Waals surface area contributed by atoms with Crippen molar-refractivity contribution < 1.29 is 19.7 Å². The molecule has 1 aromatic heterocycles. The Kier molecular flexibility index (Phi) is 12.3. The van der Waals surface area contributed by atoms with Gasteiger partial charge in [0.25, 0.3) is 0 Å². The lowest BCUT2D eigenvalue weighted by Crippen LogP contribution is -2.28. The molecule has 268 valence electrons. The second-order valence-corrected chi connectivity index (χ2v) is 14.2. The van der Waals surface area contributed by atoms with E-state index in [9.17, 15) is 10.2 Å². The second-order valence-electron chi connectivity index (χ2n) is 12.4. The number of thioether (sulfide) groups is 2. The van der Waals surface area contributed by atoms with Gasteiger partial charge in [-0.1, -0.05) is 115 Å². The third-order valence-corrected chi connectivity index (χ3v) is 10.6. The van der Waals surface area contributed by atoms with E-state index in [1.807, 2.05) is 42.3 Å². The molecule has 2 unspecified atom stereocenters. The minimum atomic E-state index is -0.751. The van der Waals surface area contributed by atoms with Crippen molar-refractivity contribution in [1.82, 2.24) is 15.0 Å². The van der Waals surface area contributed by atoms with Crippen molar-refractivity contribution in [2.24, 2.45) is 0 Å². The van der Waals surface area contributed by atoms with Crippen LogP contribution in [0.4, 0.5) is 5.95 Å². The Balaban J connectivity index is 1.21. The summed E-state index contributed by atoms with van der Waals surface area (Å²) in [4.78, 5) is 15.7. The highest BCUT2D eigenvalue weighted by molar-refractivity contribution is 7.99. The summed E-state index contributed by atoms with van der Waals surface area (Å²) >= 11 is 2.81. The van der Waals surface area contributed by atoms with E-state index in [1.54, 1.807) is 12.2 Å². The van der Waals surface area contributed by atoms with Crippen LogP contribution in [0.5, 0.6) is 11.5 Å². The number of ether oxygens (including phenoxy) is 2. The van der Waals surface area contributed by atoms with Crippen LogP contribution >= 0.6 is 23.5 Å². The fourth-order valence-corrected chi connectivity index (χ4v) is 7.67. The second kappa shape index (κ2) is 17.3. The monoisotopic (exact) mass is 732 g/mol. The molecule has 10 heteroatoms. The molecule has 8 nitrogen and oxygen atoms in total. The van der Waals surface area contributed by atoms with E-state index >= 15 is 0 Å². The molecule has 0 amide bonds. The molecule has 0 spiro atoms. The van der Waals surface area contributed by atoms with Gasteiger partial charge in [-0.15, -0.1) is 13.2 Å². The Hall–Kier alpha value is -4.61. The van der Waals surface area contributed by atoms with Crippen LogP contribution in [0.25, 0.3) is 11.1 Å². The normalized spacial score (nSPS) is 13.8. The van der Waals surface area contributed by atoms with Crippen molar-refractivity contribution in [2.45, 2.75) is 41.3 Å². The zero-order valence-corrected chi connectivity index (χ0v) is 31.2. The highest BCUT2D eigenvalue weighted by atomic mass is 32.2. The summed E-state index contributed by atoms with van der Waals surface area (Å²) in [5.41, 5.74) is 6.45. The number of fused-ring (bicyclic) bond motifs is 3. The molecule has 0 bridgehead atoms. The largest absolute Gasteiger partial charge is 0.491 e. The van der Waals surface area contributed by atoms with Gasteiger partial charge < -0.3 is 24.6 Å². The van der Waals surface area contributed by atoms with Crippen LogP contribution in [0.1, 0.15) is 35.6 Å². The molecular formula is C42H44N4O4S2. The number of benzene rings is 4. The predicted molar refractivity (Wildman–Crippen MR) is 212 cm³/mol. The lowest BCUT2D eigenvalue weighted by molar-refractivity contribution is 0.104. The van der Waals surface area contributed by atoms with Crippen LogP contribution in [-0.4, -0.2) is 75.7 Å². The van der Waals surface area contributed by atoms with E-state index < -0.39 is 17.6 Å². The van der Waals surface area contributed by atoms with Gasteiger partial charge in [-0.05, 0) is 70.3 Å². The molecule has 1 aliphatic rings. The third kappa shape index (κ3) is 7.90.